The van der Waals surface area contributed by atoms with E-state index in [0.717, 1.165) is 7.11 Å². The molecule has 1 heterocycles. The third-order valence-corrected chi connectivity index (χ3v) is 1.76. The molecule has 1 N–H and O–H groups in total. The number of pyridine rings is 1. The Hall–Kier alpha value is -1.60. The lowest BCUT2D eigenvalue weighted by Crippen LogP contribution is -2.13. The Morgan fingerprint density at radius 3 is 2.31 bits per heavy atom. The predicted octanol–water partition coefficient (Wildman–Crippen LogP) is 2.75. The number of alkyl halides is 5. The summed E-state index contributed by atoms with van der Waals surface area (Å²) in [6.07, 6.45) is -8.08. The van der Waals surface area contributed by atoms with Crippen molar-refractivity contribution in [3.63, 3.8) is 0 Å². The van der Waals surface area contributed by atoms with Gasteiger partial charge in [-0.05, 0) is 0 Å². The van der Waals surface area contributed by atoms with Gasteiger partial charge in [0.1, 0.15) is 11.3 Å². The van der Waals surface area contributed by atoms with Gasteiger partial charge in [0, 0.05) is 0 Å². The molecule has 0 amide bonds. The highest BCUT2D eigenvalue weighted by Crippen LogP contribution is 2.44. The first-order chi connectivity index (χ1) is 7.29. The molecule has 0 radical (unpaired) electrons. The summed E-state index contributed by atoms with van der Waals surface area (Å²) in [5, 5.41) is 8.95. The molecular formula is C8H6F5NO2. The van der Waals surface area contributed by atoms with E-state index in [1.54, 1.807) is 0 Å². The number of aromatic hydroxyl groups is 1. The maximum Gasteiger partial charge on any atom is 0.422 e. The summed E-state index contributed by atoms with van der Waals surface area (Å²) in [5.41, 5.74) is -3.29. The van der Waals surface area contributed by atoms with Crippen LogP contribution < -0.4 is 4.74 Å². The minimum atomic E-state index is -5.08. The number of hydrogen-bond acceptors (Lipinski definition) is 3. The highest BCUT2D eigenvalue weighted by molar-refractivity contribution is 5.45. The fourth-order valence-corrected chi connectivity index (χ4v) is 1.15. The number of methoxy groups -OCH3 is 1. The van der Waals surface area contributed by atoms with Crippen LogP contribution >= 0.6 is 0 Å². The molecule has 3 nitrogen and oxygen atoms in total. The van der Waals surface area contributed by atoms with Gasteiger partial charge in [-0.2, -0.15) is 13.2 Å². The minimum absolute atomic E-state index is 0.482. The first-order valence-electron chi connectivity index (χ1n) is 3.90. The summed E-state index contributed by atoms with van der Waals surface area (Å²) in [5.74, 6) is -2.22. The van der Waals surface area contributed by atoms with E-state index in [1.807, 2.05) is 0 Å². The van der Waals surface area contributed by atoms with E-state index in [-0.39, 0.29) is 0 Å². The van der Waals surface area contributed by atoms with Gasteiger partial charge in [-0.15, -0.1) is 0 Å². The quantitative estimate of drug-likeness (QED) is 0.812. The van der Waals surface area contributed by atoms with Crippen LogP contribution in [0.25, 0.3) is 0 Å². The zero-order chi connectivity index (χ0) is 12.5. The number of nitrogens with zero attached hydrogens (tertiary/aromatic N) is 1. The fraction of sp³-hybridized carbons (Fsp3) is 0.375. The standard InChI is InChI=1S/C8H6F5NO2/c1-16-7-5(8(11,12)13)4(6(9)10)3(15)2-14-7/h2,6,15H,1H3. The summed E-state index contributed by atoms with van der Waals surface area (Å²) < 4.78 is 66.4. The Bertz CT molecular complexity index is 391. The van der Waals surface area contributed by atoms with E-state index < -0.39 is 35.4 Å². The van der Waals surface area contributed by atoms with Crippen molar-refractivity contribution in [1.29, 1.82) is 0 Å². The van der Waals surface area contributed by atoms with Crippen LogP contribution in [0.5, 0.6) is 11.6 Å². The largest absolute Gasteiger partial charge is 0.506 e. The second kappa shape index (κ2) is 4.11. The van der Waals surface area contributed by atoms with Crippen LogP contribution in [0, 0.1) is 0 Å². The van der Waals surface area contributed by atoms with E-state index in [1.165, 1.54) is 0 Å². The molecule has 0 aliphatic carbocycles. The topological polar surface area (TPSA) is 42.4 Å². The Morgan fingerprint density at radius 1 is 1.38 bits per heavy atom. The molecule has 0 atom stereocenters. The number of ether oxygens (including phenoxy) is 1. The molecular weight excluding hydrogens is 237 g/mol. The minimum Gasteiger partial charge on any atom is -0.506 e. The lowest BCUT2D eigenvalue weighted by atomic mass is 10.1. The van der Waals surface area contributed by atoms with Crippen LogP contribution in [0.4, 0.5) is 22.0 Å². The van der Waals surface area contributed by atoms with Gasteiger partial charge in [-0.1, -0.05) is 0 Å². The van der Waals surface area contributed by atoms with Crippen molar-refractivity contribution in [2.24, 2.45) is 0 Å². The van der Waals surface area contributed by atoms with Crippen molar-refractivity contribution in [2.75, 3.05) is 7.11 Å². The Morgan fingerprint density at radius 2 is 1.94 bits per heavy atom. The van der Waals surface area contributed by atoms with Gasteiger partial charge in [0.2, 0.25) is 5.88 Å². The number of hydrogen-bond donors (Lipinski definition) is 1. The van der Waals surface area contributed by atoms with Crippen LogP contribution in [-0.2, 0) is 6.18 Å². The van der Waals surface area contributed by atoms with Crippen molar-refractivity contribution in [3.05, 3.63) is 17.3 Å². The molecule has 1 aromatic heterocycles. The maximum atomic E-state index is 12.5. The van der Waals surface area contributed by atoms with Crippen LogP contribution in [0.3, 0.4) is 0 Å². The van der Waals surface area contributed by atoms with Gasteiger partial charge in [0.15, 0.2) is 0 Å². The molecule has 90 valence electrons. The molecule has 0 spiro atoms. The number of aromatic nitrogens is 1. The van der Waals surface area contributed by atoms with E-state index >= 15 is 0 Å². The molecule has 8 heteroatoms. The predicted molar refractivity (Wildman–Crippen MR) is 42.4 cm³/mol. The lowest BCUT2D eigenvalue weighted by molar-refractivity contribution is -0.141. The summed E-state index contributed by atoms with van der Waals surface area (Å²) in [4.78, 5) is 3.08. The third-order valence-electron chi connectivity index (χ3n) is 1.76. The number of rotatable bonds is 2. The van der Waals surface area contributed by atoms with Gasteiger partial charge in [0.05, 0.1) is 18.9 Å². The molecule has 0 saturated carbocycles. The molecule has 0 unspecified atom stereocenters. The highest BCUT2D eigenvalue weighted by atomic mass is 19.4. The molecule has 0 aliphatic heterocycles. The second-order valence-corrected chi connectivity index (χ2v) is 2.74. The van der Waals surface area contributed by atoms with Crippen molar-refractivity contribution in [2.45, 2.75) is 12.6 Å². The van der Waals surface area contributed by atoms with E-state index in [4.69, 9.17) is 5.11 Å². The summed E-state index contributed by atoms with van der Waals surface area (Å²) in [6.45, 7) is 0. The van der Waals surface area contributed by atoms with Gasteiger partial charge in [-0.25, -0.2) is 13.8 Å². The molecule has 0 fully saturated rings. The third kappa shape index (κ3) is 2.15. The van der Waals surface area contributed by atoms with Crippen LogP contribution in [0.2, 0.25) is 0 Å². The van der Waals surface area contributed by atoms with Crippen molar-refractivity contribution in [3.8, 4) is 11.6 Å². The van der Waals surface area contributed by atoms with Crippen molar-refractivity contribution < 1.29 is 31.8 Å². The summed E-state index contributed by atoms with van der Waals surface area (Å²) >= 11 is 0. The highest BCUT2D eigenvalue weighted by Gasteiger charge is 2.41. The first-order valence-corrected chi connectivity index (χ1v) is 3.90. The Balaban J connectivity index is 3.56. The normalized spacial score (nSPS) is 11.9. The second-order valence-electron chi connectivity index (χ2n) is 2.74. The van der Waals surface area contributed by atoms with E-state index in [9.17, 15) is 22.0 Å². The van der Waals surface area contributed by atoms with Gasteiger partial charge < -0.3 is 9.84 Å². The molecule has 1 aromatic rings. The average Bonchev–Trinajstić information content (AvgIpc) is 2.15. The average molecular weight is 243 g/mol. The Labute approximate surface area is 86.5 Å². The zero-order valence-corrected chi connectivity index (χ0v) is 7.85. The summed E-state index contributed by atoms with van der Waals surface area (Å²) in [6, 6.07) is 0. The summed E-state index contributed by atoms with van der Waals surface area (Å²) in [7, 11) is 0.865. The van der Waals surface area contributed by atoms with Gasteiger partial charge >= 0.3 is 6.18 Å². The number of halogens is 5. The van der Waals surface area contributed by atoms with Crippen LogP contribution in [-0.4, -0.2) is 17.2 Å². The van der Waals surface area contributed by atoms with E-state index in [2.05, 4.69) is 9.72 Å². The van der Waals surface area contributed by atoms with Gasteiger partial charge in [0.25, 0.3) is 6.43 Å². The molecule has 0 aliphatic rings. The SMILES string of the molecule is COc1ncc(O)c(C(F)F)c1C(F)(F)F. The maximum absolute atomic E-state index is 12.5. The smallest absolute Gasteiger partial charge is 0.422 e. The fourth-order valence-electron chi connectivity index (χ4n) is 1.15. The van der Waals surface area contributed by atoms with Crippen LogP contribution in [0.15, 0.2) is 6.20 Å². The molecule has 0 bridgehead atoms. The lowest BCUT2D eigenvalue weighted by Gasteiger charge is -2.15. The van der Waals surface area contributed by atoms with Crippen LogP contribution in [0.1, 0.15) is 17.6 Å². The Kier molecular flexibility index (Phi) is 3.20. The van der Waals surface area contributed by atoms with Crippen molar-refractivity contribution >= 4 is 0 Å². The molecule has 1 rings (SSSR count). The first kappa shape index (κ1) is 12.5. The monoisotopic (exact) mass is 243 g/mol. The zero-order valence-electron chi connectivity index (χ0n) is 7.85. The van der Waals surface area contributed by atoms with E-state index in [0.29, 0.717) is 6.20 Å². The molecule has 0 aromatic carbocycles. The molecule has 0 saturated heterocycles. The van der Waals surface area contributed by atoms with Gasteiger partial charge in [-0.3, -0.25) is 0 Å². The van der Waals surface area contributed by atoms with Crippen molar-refractivity contribution in [1.82, 2.24) is 4.98 Å². The molecule has 16 heavy (non-hydrogen) atoms.